The fraction of sp³-hybridized carbons (Fsp3) is 0.600. The summed E-state index contributed by atoms with van der Waals surface area (Å²) < 4.78 is 5.42. The van der Waals surface area contributed by atoms with Crippen LogP contribution in [0.2, 0.25) is 0 Å². The number of aliphatic carboxylic acids is 1. The highest BCUT2D eigenvalue weighted by molar-refractivity contribution is 6.30. The van der Waals surface area contributed by atoms with E-state index < -0.39 is 12.0 Å². The number of carboxylic acids is 1. The fourth-order valence-corrected chi connectivity index (χ4v) is 2.09. The van der Waals surface area contributed by atoms with Crippen molar-refractivity contribution in [2.45, 2.75) is 36.6 Å². The molecule has 0 aliphatic heterocycles. The molecule has 1 aromatic heterocycles. The van der Waals surface area contributed by atoms with E-state index in [0.717, 1.165) is 5.69 Å². The molecular formula is C10H12Cl2N2O3. The molecule has 0 amide bonds. The lowest BCUT2D eigenvalue weighted by Crippen LogP contribution is -2.26. The second kappa shape index (κ2) is 4.74. The topological polar surface area (TPSA) is 75.4 Å². The summed E-state index contributed by atoms with van der Waals surface area (Å²) in [4.78, 5) is 14.9. The zero-order chi connectivity index (χ0) is 12.6. The van der Waals surface area contributed by atoms with Gasteiger partial charge < -0.3 is 14.8 Å². The van der Waals surface area contributed by atoms with Gasteiger partial charge in [-0.05, 0) is 6.92 Å². The maximum atomic E-state index is 10.7. The number of nitrogens with zero attached hydrogens (tertiary/aromatic N) is 1. The molecule has 5 nitrogen and oxygen atoms in total. The molecule has 0 spiro atoms. The lowest BCUT2D eigenvalue weighted by molar-refractivity contribution is -0.137. The summed E-state index contributed by atoms with van der Waals surface area (Å²) in [5, 5.41) is 11.1. The first-order valence-corrected chi connectivity index (χ1v) is 6.10. The zero-order valence-electron chi connectivity index (χ0n) is 9.11. The number of hydrogen-bond donors (Lipinski definition) is 2. The van der Waals surface area contributed by atoms with Crippen molar-refractivity contribution in [1.29, 1.82) is 0 Å². The molecule has 1 aliphatic rings. The molecule has 0 radical (unpaired) electrons. The Morgan fingerprint density at radius 3 is 2.82 bits per heavy atom. The molecule has 0 saturated heterocycles. The minimum atomic E-state index is -0.966. The van der Waals surface area contributed by atoms with Gasteiger partial charge in [0.2, 0.25) is 0 Å². The molecule has 1 aliphatic carbocycles. The van der Waals surface area contributed by atoms with Gasteiger partial charge in [-0.3, -0.25) is 4.79 Å². The summed E-state index contributed by atoms with van der Waals surface area (Å²) in [5.74, 6) is -0.284. The number of anilines is 1. The third-order valence-electron chi connectivity index (χ3n) is 2.65. The normalized spacial score (nSPS) is 25.1. The summed E-state index contributed by atoms with van der Waals surface area (Å²) >= 11 is 12.1. The van der Waals surface area contributed by atoms with E-state index in [0.29, 0.717) is 18.6 Å². The van der Waals surface area contributed by atoms with Crippen molar-refractivity contribution in [3.8, 4) is 0 Å². The highest BCUT2D eigenvalue weighted by Gasteiger charge is 2.30. The summed E-state index contributed by atoms with van der Waals surface area (Å²) in [5.41, 5.74) is 0.752. The number of aromatic nitrogens is 1. The van der Waals surface area contributed by atoms with Crippen LogP contribution in [0, 0.1) is 0 Å². The number of oxazole rings is 1. The van der Waals surface area contributed by atoms with E-state index in [9.17, 15) is 4.79 Å². The van der Waals surface area contributed by atoms with E-state index in [1.165, 1.54) is 6.92 Å². The minimum Gasteiger partial charge on any atom is -0.480 e. The quantitative estimate of drug-likeness (QED) is 0.826. The van der Waals surface area contributed by atoms with Gasteiger partial charge >= 0.3 is 5.97 Å². The van der Waals surface area contributed by atoms with Gasteiger partial charge in [-0.25, -0.2) is 0 Å². The third kappa shape index (κ3) is 2.66. The van der Waals surface area contributed by atoms with Gasteiger partial charge in [-0.1, -0.05) is 0 Å². The van der Waals surface area contributed by atoms with Crippen molar-refractivity contribution >= 4 is 35.2 Å². The van der Waals surface area contributed by atoms with Crippen LogP contribution in [-0.2, 0) is 17.6 Å². The Balaban J connectivity index is 2.13. The Hall–Kier alpha value is -0.940. The number of alkyl halides is 2. The predicted molar refractivity (Wildman–Crippen MR) is 63.9 cm³/mol. The first kappa shape index (κ1) is 12.5. The van der Waals surface area contributed by atoms with Crippen LogP contribution in [0.4, 0.5) is 6.01 Å². The van der Waals surface area contributed by atoms with E-state index >= 15 is 0 Å². The third-order valence-corrected chi connectivity index (χ3v) is 3.70. The second-order valence-corrected chi connectivity index (χ2v) is 5.15. The van der Waals surface area contributed by atoms with Gasteiger partial charge in [-0.2, -0.15) is 4.98 Å². The van der Waals surface area contributed by atoms with E-state index in [-0.39, 0.29) is 16.8 Å². The summed E-state index contributed by atoms with van der Waals surface area (Å²) in [6, 6.07) is -0.548. The lowest BCUT2D eigenvalue weighted by Gasteiger charge is -2.19. The number of carbonyl (C=O) groups is 1. The van der Waals surface area contributed by atoms with Crippen LogP contribution in [0.3, 0.4) is 0 Å². The molecular weight excluding hydrogens is 267 g/mol. The number of rotatable bonds is 3. The van der Waals surface area contributed by atoms with Crippen molar-refractivity contribution in [3.63, 3.8) is 0 Å². The van der Waals surface area contributed by atoms with Crippen LogP contribution >= 0.6 is 23.2 Å². The van der Waals surface area contributed by atoms with Gasteiger partial charge in [0.1, 0.15) is 11.8 Å². The molecule has 1 aromatic rings. The molecule has 3 atom stereocenters. The van der Waals surface area contributed by atoms with Crippen molar-refractivity contribution < 1.29 is 14.3 Å². The largest absolute Gasteiger partial charge is 0.480 e. The van der Waals surface area contributed by atoms with Gasteiger partial charge in [0.05, 0.1) is 16.4 Å². The van der Waals surface area contributed by atoms with Gasteiger partial charge in [0, 0.05) is 12.8 Å². The zero-order valence-corrected chi connectivity index (χ0v) is 10.6. The Morgan fingerprint density at radius 1 is 1.53 bits per heavy atom. The molecule has 0 bridgehead atoms. The maximum Gasteiger partial charge on any atom is 0.325 e. The van der Waals surface area contributed by atoms with Crippen molar-refractivity contribution in [2.75, 3.05) is 5.32 Å². The Bertz CT molecular complexity index is 408. The standard InChI is InChI=1S/C10H12Cl2N2O3/c1-4(9(15)16)13-10-14-7-2-5(11)6(12)3-8(7)17-10/h4-6H,2-3H2,1H3,(H,13,14)(H,15,16)/t4-,5?,6?/m1/s1. The highest BCUT2D eigenvalue weighted by atomic mass is 35.5. The van der Waals surface area contributed by atoms with Crippen LogP contribution in [-0.4, -0.2) is 32.9 Å². The number of halogens is 2. The molecule has 1 heterocycles. The molecule has 2 rings (SSSR count). The van der Waals surface area contributed by atoms with Crippen LogP contribution in [0.15, 0.2) is 4.42 Å². The van der Waals surface area contributed by atoms with E-state index in [2.05, 4.69) is 10.3 Å². The maximum absolute atomic E-state index is 10.7. The summed E-state index contributed by atoms with van der Waals surface area (Å²) in [7, 11) is 0. The van der Waals surface area contributed by atoms with Crippen molar-refractivity contribution in [3.05, 3.63) is 11.5 Å². The predicted octanol–water partition coefficient (Wildman–Crippen LogP) is 1.87. The molecule has 0 saturated carbocycles. The molecule has 17 heavy (non-hydrogen) atoms. The molecule has 0 aromatic carbocycles. The van der Waals surface area contributed by atoms with E-state index in [1.54, 1.807) is 0 Å². The fourth-order valence-electron chi connectivity index (χ4n) is 1.63. The lowest BCUT2D eigenvalue weighted by atomic mass is 10.0. The average Bonchev–Trinajstić information content (AvgIpc) is 2.60. The first-order chi connectivity index (χ1) is 7.97. The minimum absolute atomic E-state index is 0.168. The van der Waals surface area contributed by atoms with Crippen LogP contribution in [0.25, 0.3) is 0 Å². The smallest absolute Gasteiger partial charge is 0.325 e. The molecule has 2 unspecified atom stereocenters. The molecule has 0 fully saturated rings. The number of carboxylic acid groups (broad SMARTS) is 1. The molecule has 94 valence electrons. The van der Waals surface area contributed by atoms with Crippen LogP contribution < -0.4 is 5.32 Å². The SMILES string of the molecule is C[C@@H](Nc1nc2c(o1)CC(Cl)C(Cl)C2)C(=O)O. The number of nitrogens with one attached hydrogen (secondary N) is 1. The van der Waals surface area contributed by atoms with Gasteiger partial charge in [0.15, 0.2) is 0 Å². The number of fused-ring (bicyclic) bond motifs is 1. The Labute approximate surface area is 108 Å². The van der Waals surface area contributed by atoms with Crippen LogP contribution in [0.1, 0.15) is 18.4 Å². The van der Waals surface area contributed by atoms with Crippen molar-refractivity contribution in [2.24, 2.45) is 0 Å². The van der Waals surface area contributed by atoms with E-state index in [1.807, 2.05) is 0 Å². The van der Waals surface area contributed by atoms with E-state index in [4.69, 9.17) is 32.7 Å². The van der Waals surface area contributed by atoms with Crippen molar-refractivity contribution in [1.82, 2.24) is 4.98 Å². The summed E-state index contributed by atoms with van der Waals surface area (Å²) in [6.07, 6.45) is 1.05. The van der Waals surface area contributed by atoms with Crippen LogP contribution in [0.5, 0.6) is 0 Å². The first-order valence-electron chi connectivity index (χ1n) is 5.23. The molecule has 7 heteroatoms. The molecule has 2 N–H and O–H groups in total. The van der Waals surface area contributed by atoms with Gasteiger partial charge in [-0.15, -0.1) is 23.2 Å². The average molecular weight is 279 g/mol. The number of hydrogen-bond acceptors (Lipinski definition) is 4. The Morgan fingerprint density at radius 2 is 2.18 bits per heavy atom. The monoisotopic (exact) mass is 278 g/mol. The summed E-state index contributed by atoms with van der Waals surface area (Å²) in [6.45, 7) is 1.51. The Kier molecular flexibility index (Phi) is 3.49. The second-order valence-electron chi connectivity index (χ2n) is 4.03. The highest BCUT2D eigenvalue weighted by Crippen LogP contribution is 2.30. The van der Waals surface area contributed by atoms with Gasteiger partial charge in [0.25, 0.3) is 6.01 Å².